The minimum atomic E-state index is -1.37. The molecule has 0 heterocycles. The number of halogens is 2. The molecule has 1 amide bonds. The van der Waals surface area contributed by atoms with Gasteiger partial charge in [0.05, 0.1) is 0 Å². The molecular weight excluding hydrogens is 281 g/mol. The van der Waals surface area contributed by atoms with E-state index < -0.39 is 23.7 Å². The second-order valence-corrected chi connectivity index (χ2v) is 4.05. The molecule has 2 N–H and O–H groups in total. The van der Waals surface area contributed by atoms with Gasteiger partial charge in [0.2, 0.25) is 5.91 Å². The average Bonchev–Trinajstić information content (AvgIpc) is 2.14. The fourth-order valence-electron chi connectivity index (χ4n) is 1.21. The molecule has 1 aromatic rings. The normalized spacial score (nSPS) is 11.9. The summed E-state index contributed by atoms with van der Waals surface area (Å²) in [7, 11) is 0. The Labute approximate surface area is 99.6 Å². The Kier molecular flexibility index (Phi) is 4.00. The molecule has 0 saturated heterocycles. The summed E-state index contributed by atoms with van der Waals surface area (Å²) in [5.41, 5.74) is -0.0779. The lowest BCUT2D eigenvalue weighted by Gasteiger charge is -2.14. The molecule has 0 radical (unpaired) electrons. The van der Waals surface area contributed by atoms with Gasteiger partial charge in [0, 0.05) is 17.0 Å². The minimum absolute atomic E-state index is 0.0779. The van der Waals surface area contributed by atoms with E-state index in [-0.39, 0.29) is 5.56 Å². The first-order chi connectivity index (χ1) is 7.41. The van der Waals surface area contributed by atoms with Gasteiger partial charge < -0.3 is 10.4 Å². The molecule has 4 nitrogen and oxygen atoms in total. The third kappa shape index (κ3) is 3.03. The fraction of sp³-hybridized carbons (Fsp3) is 0.200. The van der Waals surface area contributed by atoms with Crippen molar-refractivity contribution in [1.82, 2.24) is 5.32 Å². The van der Waals surface area contributed by atoms with Crippen molar-refractivity contribution >= 4 is 27.8 Å². The van der Waals surface area contributed by atoms with Crippen molar-refractivity contribution < 1.29 is 19.1 Å². The van der Waals surface area contributed by atoms with Crippen LogP contribution in [-0.2, 0) is 9.59 Å². The zero-order valence-electron chi connectivity index (χ0n) is 8.33. The maximum Gasteiger partial charge on any atom is 0.331 e. The number of benzene rings is 1. The summed E-state index contributed by atoms with van der Waals surface area (Å²) in [6, 6.07) is 2.60. The number of hydrogen-bond acceptors (Lipinski definition) is 2. The molecule has 16 heavy (non-hydrogen) atoms. The quantitative estimate of drug-likeness (QED) is 0.892. The van der Waals surface area contributed by atoms with E-state index in [9.17, 15) is 14.0 Å². The Balaban J connectivity index is 3.10. The Morgan fingerprint density at radius 3 is 2.56 bits per heavy atom. The lowest BCUT2D eigenvalue weighted by Crippen LogP contribution is -2.32. The number of hydrogen-bond donors (Lipinski definition) is 2. The van der Waals surface area contributed by atoms with Crippen molar-refractivity contribution in [2.24, 2.45) is 0 Å². The molecule has 0 fully saturated rings. The Morgan fingerprint density at radius 2 is 2.12 bits per heavy atom. The van der Waals surface area contributed by atoms with E-state index in [0.717, 1.165) is 6.07 Å². The van der Waals surface area contributed by atoms with E-state index in [4.69, 9.17) is 5.11 Å². The van der Waals surface area contributed by atoms with Gasteiger partial charge in [0.25, 0.3) is 0 Å². The molecule has 1 atom stereocenters. The first-order valence-corrected chi connectivity index (χ1v) is 5.16. The van der Waals surface area contributed by atoms with Crippen molar-refractivity contribution in [2.75, 3.05) is 0 Å². The van der Waals surface area contributed by atoms with Crippen molar-refractivity contribution in [3.05, 3.63) is 34.1 Å². The summed E-state index contributed by atoms with van der Waals surface area (Å²) in [5, 5.41) is 11.0. The number of carboxylic acid groups (broad SMARTS) is 1. The highest BCUT2D eigenvalue weighted by Gasteiger charge is 2.23. The molecule has 0 saturated carbocycles. The maximum absolute atomic E-state index is 13.5. The summed E-state index contributed by atoms with van der Waals surface area (Å²) in [5.74, 6) is -2.53. The molecule has 6 heteroatoms. The topological polar surface area (TPSA) is 66.4 Å². The zero-order valence-corrected chi connectivity index (χ0v) is 9.92. The number of carboxylic acids is 1. The van der Waals surface area contributed by atoms with Crippen LogP contribution < -0.4 is 5.32 Å². The summed E-state index contributed by atoms with van der Waals surface area (Å²) in [4.78, 5) is 21.7. The lowest BCUT2D eigenvalue weighted by atomic mass is 10.1. The Hall–Kier alpha value is -1.43. The van der Waals surface area contributed by atoms with Crippen LogP contribution in [0.5, 0.6) is 0 Å². The fourth-order valence-corrected chi connectivity index (χ4v) is 1.54. The van der Waals surface area contributed by atoms with E-state index in [1.165, 1.54) is 19.1 Å². The Bertz CT molecular complexity index is 436. The molecule has 0 aliphatic heterocycles. The minimum Gasteiger partial charge on any atom is -0.479 e. The van der Waals surface area contributed by atoms with Gasteiger partial charge in [0.15, 0.2) is 6.04 Å². The van der Waals surface area contributed by atoms with E-state index in [1.807, 2.05) is 0 Å². The van der Waals surface area contributed by atoms with Crippen LogP contribution in [0, 0.1) is 5.82 Å². The molecule has 1 rings (SSSR count). The highest BCUT2D eigenvalue weighted by molar-refractivity contribution is 9.10. The number of rotatable bonds is 3. The van der Waals surface area contributed by atoms with E-state index in [2.05, 4.69) is 21.2 Å². The molecule has 86 valence electrons. The molecule has 0 aliphatic carbocycles. The largest absolute Gasteiger partial charge is 0.479 e. The van der Waals surface area contributed by atoms with Gasteiger partial charge in [-0.15, -0.1) is 0 Å². The van der Waals surface area contributed by atoms with E-state index >= 15 is 0 Å². The standard InChI is InChI=1S/C10H9BrFNO3/c1-5(14)13-9(10(15)16)7-3-2-6(11)4-8(7)12/h2-4,9H,1H3,(H,13,14)(H,15,16). The molecular formula is C10H9BrFNO3. The summed E-state index contributed by atoms with van der Waals surface area (Å²) in [6.45, 7) is 1.17. The van der Waals surface area contributed by atoms with Gasteiger partial charge in [-0.05, 0) is 12.1 Å². The van der Waals surface area contributed by atoms with Gasteiger partial charge in [0.1, 0.15) is 5.82 Å². The number of carbonyl (C=O) groups excluding carboxylic acids is 1. The van der Waals surface area contributed by atoms with Gasteiger partial charge >= 0.3 is 5.97 Å². The van der Waals surface area contributed by atoms with Gasteiger partial charge in [-0.3, -0.25) is 4.79 Å². The second-order valence-electron chi connectivity index (χ2n) is 3.14. The molecule has 1 aromatic carbocycles. The molecule has 0 bridgehead atoms. The van der Waals surface area contributed by atoms with Crippen LogP contribution >= 0.6 is 15.9 Å². The van der Waals surface area contributed by atoms with Crippen molar-refractivity contribution in [1.29, 1.82) is 0 Å². The number of aliphatic carboxylic acids is 1. The van der Waals surface area contributed by atoms with Crippen LogP contribution in [0.25, 0.3) is 0 Å². The lowest BCUT2D eigenvalue weighted by molar-refractivity contribution is -0.141. The monoisotopic (exact) mass is 289 g/mol. The van der Waals surface area contributed by atoms with Crippen molar-refractivity contribution in [2.45, 2.75) is 13.0 Å². The van der Waals surface area contributed by atoms with Gasteiger partial charge in [-0.2, -0.15) is 0 Å². The highest BCUT2D eigenvalue weighted by atomic mass is 79.9. The third-order valence-electron chi connectivity index (χ3n) is 1.87. The van der Waals surface area contributed by atoms with Crippen molar-refractivity contribution in [3.63, 3.8) is 0 Å². The van der Waals surface area contributed by atoms with Crippen LogP contribution in [0.3, 0.4) is 0 Å². The van der Waals surface area contributed by atoms with Gasteiger partial charge in [-0.1, -0.05) is 22.0 Å². The smallest absolute Gasteiger partial charge is 0.331 e. The first-order valence-electron chi connectivity index (χ1n) is 4.36. The van der Waals surface area contributed by atoms with Crippen molar-refractivity contribution in [3.8, 4) is 0 Å². The Morgan fingerprint density at radius 1 is 1.50 bits per heavy atom. The number of carbonyl (C=O) groups is 2. The second kappa shape index (κ2) is 5.07. The molecule has 0 spiro atoms. The number of nitrogens with one attached hydrogen (secondary N) is 1. The van der Waals surface area contributed by atoms with Crippen LogP contribution in [0.1, 0.15) is 18.5 Å². The summed E-state index contributed by atoms with van der Waals surface area (Å²) < 4.78 is 14.0. The highest BCUT2D eigenvalue weighted by Crippen LogP contribution is 2.21. The summed E-state index contributed by atoms with van der Waals surface area (Å²) >= 11 is 3.06. The van der Waals surface area contributed by atoms with Crippen LogP contribution in [0.15, 0.2) is 22.7 Å². The van der Waals surface area contributed by atoms with E-state index in [1.54, 1.807) is 0 Å². The maximum atomic E-state index is 13.5. The number of amides is 1. The van der Waals surface area contributed by atoms with E-state index in [0.29, 0.717) is 4.47 Å². The molecule has 0 aromatic heterocycles. The zero-order chi connectivity index (χ0) is 12.3. The molecule has 1 unspecified atom stereocenters. The van der Waals surface area contributed by atoms with Crippen LogP contribution in [0.2, 0.25) is 0 Å². The predicted molar refractivity (Wildman–Crippen MR) is 58.3 cm³/mol. The van der Waals surface area contributed by atoms with Crippen LogP contribution in [-0.4, -0.2) is 17.0 Å². The summed E-state index contributed by atoms with van der Waals surface area (Å²) in [6.07, 6.45) is 0. The third-order valence-corrected chi connectivity index (χ3v) is 2.36. The predicted octanol–water partition coefficient (Wildman–Crippen LogP) is 1.85. The van der Waals surface area contributed by atoms with Gasteiger partial charge in [-0.25, -0.2) is 9.18 Å². The first kappa shape index (κ1) is 12.6. The SMILES string of the molecule is CC(=O)NC(C(=O)O)c1ccc(Br)cc1F. The average molecular weight is 290 g/mol. The van der Waals surface area contributed by atoms with Crippen LogP contribution in [0.4, 0.5) is 4.39 Å². The molecule has 0 aliphatic rings.